The van der Waals surface area contributed by atoms with Gasteiger partial charge in [0.25, 0.3) is 0 Å². The van der Waals surface area contributed by atoms with Crippen molar-refractivity contribution >= 4 is 0 Å². The molecule has 88 valence electrons. The number of aromatic nitrogens is 1. The van der Waals surface area contributed by atoms with E-state index in [0.717, 1.165) is 12.8 Å². The highest BCUT2D eigenvalue weighted by Crippen LogP contribution is 2.20. The fraction of sp³-hybridized carbons (Fsp3) is 0.615. The van der Waals surface area contributed by atoms with E-state index < -0.39 is 0 Å². The second kappa shape index (κ2) is 5.41. The lowest BCUT2D eigenvalue weighted by molar-refractivity contribution is 0.322. The zero-order valence-electron chi connectivity index (χ0n) is 9.89. The summed E-state index contributed by atoms with van der Waals surface area (Å²) in [5.41, 5.74) is 7.16. The first-order valence-corrected chi connectivity index (χ1v) is 6.17. The van der Waals surface area contributed by atoms with Gasteiger partial charge in [0.1, 0.15) is 0 Å². The minimum Gasteiger partial charge on any atom is -0.328 e. The highest BCUT2D eigenvalue weighted by molar-refractivity contribution is 5.13. The van der Waals surface area contributed by atoms with Crippen LogP contribution in [0.15, 0.2) is 24.5 Å². The van der Waals surface area contributed by atoms with Crippen molar-refractivity contribution < 1.29 is 0 Å². The number of rotatable bonds is 3. The highest BCUT2D eigenvalue weighted by Gasteiger charge is 2.20. The number of nitrogens with zero attached hydrogens (tertiary/aromatic N) is 1. The van der Waals surface area contributed by atoms with Crippen LogP contribution in [0, 0.1) is 0 Å². The molecule has 1 fully saturated rings. The molecule has 3 nitrogen and oxygen atoms in total. The monoisotopic (exact) mass is 219 g/mol. The summed E-state index contributed by atoms with van der Waals surface area (Å²) in [5.74, 6) is 0. The first kappa shape index (κ1) is 11.6. The first-order valence-electron chi connectivity index (χ1n) is 6.17. The average Bonchev–Trinajstić information content (AvgIpc) is 2.33. The Kier molecular flexibility index (Phi) is 3.91. The van der Waals surface area contributed by atoms with Crippen LogP contribution in [0.1, 0.15) is 44.2 Å². The SMILES string of the molecule is C[C@@H](NC1CCC(N)CC1)c1cccnc1. The van der Waals surface area contributed by atoms with E-state index in [0.29, 0.717) is 18.1 Å². The van der Waals surface area contributed by atoms with Gasteiger partial charge in [0, 0.05) is 30.5 Å². The molecule has 16 heavy (non-hydrogen) atoms. The van der Waals surface area contributed by atoms with Crippen molar-refractivity contribution in [1.29, 1.82) is 0 Å². The average molecular weight is 219 g/mol. The van der Waals surface area contributed by atoms with Crippen LogP contribution in [-0.2, 0) is 0 Å². The topological polar surface area (TPSA) is 50.9 Å². The maximum absolute atomic E-state index is 5.90. The molecule has 1 aromatic heterocycles. The molecular weight excluding hydrogens is 198 g/mol. The van der Waals surface area contributed by atoms with Gasteiger partial charge in [0.2, 0.25) is 0 Å². The van der Waals surface area contributed by atoms with E-state index in [1.54, 1.807) is 0 Å². The molecule has 1 aliphatic rings. The Morgan fingerprint density at radius 1 is 1.38 bits per heavy atom. The number of hydrogen-bond donors (Lipinski definition) is 2. The Bertz CT molecular complexity index is 304. The lowest BCUT2D eigenvalue weighted by atomic mass is 9.91. The van der Waals surface area contributed by atoms with Gasteiger partial charge in [-0.1, -0.05) is 6.07 Å². The van der Waals surface area contributed by atoms with Crippen molar-refractivity contribution in [2.24, 2.45) is 5.73 Å². The summed E-state index contributed by atoms with van der Waals surface area (Å²) < 4.78 is 0. The summed E-state index contributed by atoms with van der Waals surface area (Å²) in [4.78, 5) is 4.15. The van der Waals surface area contributed by atoms with Gasteiger partial charge in [0.05, 0.1) is 0 Å². The Labute approximate surface area is 97.5 Å². The van der Waals surface area contributed by atoms with Crippen LogP contribution in [0.25, 0.3) is 0 Å². The predicted molar refractivity (Wildman–Crippen MR) is 66.0 cm³/mol. The van der Waals surface area contributed by atoms with Gasteiger partial charge in [-0.2, -0.15) is 0 Å². The fourth-order valence-electron chi connectivity index (χ4n) is 2.37. The minimum atomic E-state index is 0.382. The van der Waals surface area contributed by atoms with E-state index in [-0.39, 0.29) is 0 Å². The van der Waals surface area contributed by atoms with Crippen molar-refractivity contribution in [3.8, 4) is 0 Å². The first-order chi connectivity index (χ1) is 7.75. The number of pyridine rings is 1. The molecule has 0 aromatic carbocycles. The minimum absolute atomic E-state index is 0.382. The Morgan fingerprint density at radius 2 is 2.12 bits per heavy atom. The quantitative estimate of drug-likeness (QED) is 0.817. The molecule has 0 spiro atoms. The van der Waals surface area contributed by atoms with Crippen molar-refractivity contribution in [2.45, 2.75) is 50.7 Å². The molecule has 0 radical (unpaired) electrons. The molecule has 2 rings (SSSR count). The van der Waals surface area contributed by atoms with Crippen LogP contribution in [-0.4, -0.2) is 17.1 Å². The van der Waals surface area contributed by atoms with Gasteiger partial charge in [-0.05, 0) is 44.2 Å². The van der Waals surface area contributed by atoms with Crippen molar-refractivity contribution in [3.63, 3.8) is 0 Å². The van der Waals surface area contributed by atoms with Gasteiger partial charge < -0.3 is 11.1 Å². The van der Waals surface area contributed by atoms with Crippen LogP contribution >= 0.6 is 0 Å². The van der Waals surface area contributed by atoms with Gasteiger partial charge in [-0.25, -0.2) is 0 Å². The fourth-order valence-corrected chi connectivity index (χ4v) is 2.37. The maximum Gasteiger partial charge on any atom is 0.0315 e. The number of nitrogens with one attached hydrogen (secondary N) is 1. The summed E-state index contributed by atoms with van der Waals surface area (Å²) in [6.07, 6.45) is 8.45. The molecule has 1 aliphatic carbocycles. The highest BCUT2D eigenvalue weighted by atomic mass is 14.9. The molecule has 1 aromatic rings. The molecule has 0 amide bonds. The van der Waals surface area contributed by atoms with E-state index in [4.69, 9.17) is 5.73 Å². The van der Waals surface area contributed by atoms with Gasteiger partial charge in [0.15, 0.2) is 0 Å². The van der Waals surface area contributed by atoms with Gasteiger partial charge in [-0.15, -0.1) is 0 Å². The van der Waals surface area contributed by atoms with Crippen molar-refractivity contribution in [3.05, 3.63) is 30.1 Å². The van der Waals surface area contributed by atoms with Crippen molar-refractivity contribution in [2.75, 3.05) is 0 Å². The molecule has 0 unspecified atom stereocenters. The van der Waals surface area contributed by atoms with Crippen molar-refractivity contribution in [1.82, 2.24) is 10.3 Å². The summed E-state index contributed by atoms with van der Waals surface area (Å²) in [7, 11) is 0. The third-order valence-corrected chi connectivity index (χ3v) is 3.44. The lowest BCUT2D eigenvalue weighted by Crippen LogP contribution is -2.38. The largest absolute Gasteiger partial charge is 0.328 e. The summed E-state index contributed by atoms with van der Waals surface area (Å²) in [6, 6.07) is 5.54. The molecular formula is C13H21N3. The number of hydrogen-bond acceptors (Lipinski definition) is 3. The lowest BCUT2D eigenvalue weighted by Gasteiger charge is -2.29. The van der Waals surface area contributed by atoms with Crippen LogP contribution in [0.4, 0.5) is 0 Å². The molecule has 1 saturated carbocycles. The zero-order chi connectivity index (χ0) is 11.4. The normalized spacial score (nSPS) is 27.6. The molecule has 3 heteroatoms. The van der Waals surface area contributed by atoms with E-state index in [9.17, 15) is 0 Å². The smallest absolute Gasteiger partial charge is 0.0315 e. The standard InChI is InChI=1S/C13H21N3/c1-10(11-3-2-8-15-9-11)16-13-6-4-12(14)5-7-13/h2-3,8-10,12-13,16H,4-7,14H2,1H3/t10-,12?,13?/m1/s1. The maximum atomic E-state index is 5.90. The van der Waals surface area contributed by atoms with E-state index in [1.807, 2.05) is 18.5 Å². The predicted octanol–water partition coefficient (Wildman–Crippen LogP) is 2.00. The Hall–Kier alpha value is -0.930. The molecule has 0 aliphatic heterocycles. The zero-order valence-corrected chi connectivity index (χ0v) is 9.89. The Morgan fingerprint density at radius 3 is 2.75 bits per heavy atom. The van der Waals surface area contributed by atoms with E-state index >= 15 is 0 Å². The summed E-state index contributed by atoms with van der Waals surface area (Å²) in [5, 5.41) is 3.66. The second-order valence-electron chi connectivity index (χ2n) is 4.79. The summed E-state index contributed by atoms with van der Waals surface area (Å²) in [6.45, 7) is 2.20. The third kappa shape index (κ3) is 3.03. The number of nitrogens with two attached hydrogens (primary N) is 1. The molecule has 0 bridgehead atoms. The van der Waals surface area contributed by atoms with E-state index in [1.165, 1.54) is 18.4 Å². The van der Waals surface area contributed by atoms with Crippen LogP contribution < -0.4 is 11.1 Å². The molecule has 1 atom stereocenters. The second-order valence-corrected chi connectivity index (χ2v) is 4.79. The van der Waals surface area contributed by atoms with E-state index in [2.05, 4.69) is 23.3 Å². The van der Waals surface area contributed by atoms with Crippen LogP contribution in [0.5, 0.6) is 0 Å². The summed E-state index contributed by atoms with van der Waals surface area (Å²) >= 11 is 0. The Balaban J connectivity index is 1.86. The van der Waals surface area contributed by atoms with Crippen LogP contribution in [0.2, 0.25) is 0 Å². The van der Waals surface area contributed by atoms with Gasteiger partial charge >= 0.3 is 0 Å². The van der Waals surface area contributed by atoms with Crippen LogP contribution in [0.3, 0.4) is 0 Å². The molecule has 1 heterocycles. The van der Waals surface area contributed by atoms with Gasteiger partial charge in [-0.3, -0.25) is 4.98 Å². The third-order valence-electron chi connectivity index (χ3n) is 3.44. The molecule has 0 saturated heterocycles. The molecule has 3 N–H and O–H groups in total.